The van der Waals surface area contributed by atoms with Crippen molar-refractivity contribution in [2.45, 2.75) is 12.8 Å². The van der Waals surface area contributed by atoms with E-state index in [-0.39, 0.29) is 6.42 Å². The van der Waals surface area contributed by atoms with Gasteiger partial charge in [0, 0.05) is 17.5 Å². The third-order valence-corrected chi connectivity index (χ3v) is 3.03. The first-order valence-electron chi connectivity index (χ1n) is 5.83. The average Bonchev–Trinajstić information content (AvgIpc) is 2.43. The number of hydrogen-bond acceptors (Lipinski definition) is 3. The van der Waals surface area contributed by atoms with Gasteiger partial charge >= 0.3 is 5.97 Å². The van der Waals surface area contributed by atoms with E-state index in [1.165, 1.54) is 0 Å². The van der Waals surface area contributed by atoms with E-state index in [1.54, 1.807) is 24.3 Å². The van der Waals surface area contributed by atoms with Crippen LogP contribution in [0.5, 0.6) is 0 Å². The van der Waals surface area contributed by atoms with E-state index in [4.69, 9.17) is 5.11 Å². The molecule has 1 N–H and O–H groups in total. The molecule has 0 heterocycles. The zero-order valence-electron chi connectivity index (χ0n) is 10.1. The second kappa shape index (κ2) is 5.44. The van der Waals surface area contributed by atoms with E-state index >= 15 is 0 Å². The fraction of sp³-hybridized carbons (Fsp3) is 0.133. The molecule has 0 radical (unpaired) electrons. The van der Waals surface area contributed by atoms with Crippen LogP contribution in [0.4, 0.5) is 0 Å². The molecular formula is C15H12O4. The highest BCUT2D eigenvalue weighted by molar-refractivity contribution is 6.05. The Labute approximate surface area is 109 Å². The number of aldehydes is 2. The minimum absolute atomic E-state index is 0.0679. The fourth-order valence-electron chi connectivity index (χ4n) is 2.06. The molecule has 0 saturated carbocycles. The number of fused-ring (bicyclic) bond motifs is 1. The van der Waals surface area contributed by atoms with E-state index in [1.807, 2.05) is 6.07 Å². The Morgan fingerprint density at radius 1 is 1.11 bits per heavy atom. The molecule has 0 aliphatic heterocycles. The van der Waals surface area contributed by atoms with Gasteiger partial charge in [-0.3, -0.25) is 14.4 Å². The SMILES string of the molecule is O=Cc1ccc2cc(CCC(=O)O)ccc2c1C=O. The number of aliphatic carboxylic acids is 1. The third kappa shape index (κ3) is 2.68. The number of carboxylic acids is 1. The van der Waals surface area contributed by atoms with E-state index in [2.05, 4.69) is 0 Å². The summed E-state index contributed by atoms with van der Waals surface area (Å²) in [6.07, 6.45) is 1.83. The predicted molar refractivity (Wildman–Crippen MR) is 70.7 cm³/mol. The van der Waals surface area contributed by atoms with Gasteiger partial charge in [0.25, 0.3) is 0 Å². The monoisotopic (exact) mass is 256 g/mol. The predicted octanol–water partition coefficient (Wildman–Crippen LogP) is 2.48. The molecule has 0 amide bonds. The van der Waals surface area contributed by atoms with Gasteiger partial charge in [0.15, 0.2) is 12.6 Å². The lowest BCUT2D eigenvalue weighted by Gasteiger charge is -2.06. The highest BCUT2D eigenvalue weighted by Crippen LogP contribution is 2.22. The van der Waals surface area contributed by atoms with Gasteiger partial charge in [-0.2, -0.15) is 0 Å². The van der Waals surface area contributed by atoms with Crippen molar-refractivity contribution in [1.82, 2.24) is 0 Å². The molecule has 0 unspecified atom stereocenters. The molecule has 0 aliphatic carbocycles. The molecule has 2 aromatic rings. The van der Waals surface area contributed by atoms with Crippen molar-refractivity contribution in [2.75, 3.05) is 0 Å². The minimum Gasteiger partial charge on any atom is -0.481 e. The van der Waals surface area contributed by atoms with Crippen molar-refractivity contribution in [2.24, 2.45) is 0 Å². The van der Waals surface area contributed by atoms with Crippen molar-refractivity contribution in [1.29, 1.82) is 0 Å². The maximum absolute atomic E-state index is 11.1. The van der Waals surface area contributed by atoms with Gasteiger partial charge in [-0.05, 0) is 22.8 Å². The van der Waals surface area contributed by atoms with Crippen molar-refractivity contribution in [3.8, 4) is 0 Å². The van der Waals surface area contributed by atoms with E-state index in [0.717, 1.165) is 10.9 Å². The molecule has 0 bridgehead atoms. The molecule has 2 aromatic carbocycles. The smallest absolute Gasteiger partial charge is 0.303 e. The van der Waals surface area contributed by atoms with Crippen LogP contribution in [0, 0.1) is 0 Å². The largest absolute Gasteiger partial charge is 0.481 e. The van der Waals surface area contributed by atoms with Crippen LogP contribution in [0.2, 0.25) is 0 Å². The first-order valence-corrected chi connectivity index (χ1v) is 5.83. The maximum atomic E-state index is 11.1. The van der Waals surface area contributed by atoms with Gasteiger partial charge < -0.3 is 5.11 Å². The highest BCUT2D eigenvalue weighted by atomic mass is 16.4. The Morgan fingerprint density at radius 3 is 2.53 bits per heavy atom. The molecule has 96 valence electrons. The summed E-state index contributed by atoms with van der Waals surface area (Å²) in [6, 6.07) is 8.74. The zero-order valence-corrected chi connectivity index (χ0v) is 10.1. The van der Waals surface area contributed by atoms with Crippen molar-refractivity contribution in [3.05, 3.63) is 47.0 Å². The molecular weight excluding hydrogens is 244 g/mol. The molecule has 2 rings (SSSR count). The van der Waals surface area contributed by atoms with Gasteiger partial charge in [0.05, 0.1) is 0 Å². The number of carbonyl (C=O) groups excluding carboxylic acids is 2. The van der Waals surface area contributed by atoms with E-state index in [9.17, 15) is 14.4 Å². The number of carboxylic acid groups (broad SMARTS) is 1. The van der Waals surface area contributed by atoms with Crippen LogP contribution < -0.4 is 0 Å². The standard InChI is InChI=1S/C15H12O4/c16-8-12-4-3-11-7-10(2-6-15(18)19)1-5-13(11)14(12)9-17/h1,3-5,7-9H,2,6H2,(H,18,19). The molecule has 19 heavy (non-hydrogen) atoms. The van der Waals surface area contributed by atoms with Crippen molar-refractivity contribution in [3.63, 3.8) is 0 Å². The molecule has 0 aliphatic rings. The van der Waals surface area contributed by atoms with E-state index in [0.29, 0.717) is 35.5 Å². The van der Waals surface area contributed by atoms with Gasteiger partial charge in [0.2, 0.25) is 0 Å². The van der Waals surface area contributed by atoms with Crippen molar-refractivity contribution >= 4 is 29.3 Å². The summed E-state index contributed by atoms with van der Waals surface area (Å²) in [6.45, 7) is 0. The summed E-state index contributed by atoms with van der Waals surface area (Å²) in [5, 5.41) is 10.2. The lowest BCUT2D eigenvalue weighted by molar-refractivity contribution is -0.136. The van der Waals surface area contributed by atoms with E-state index < -0.39 is 5.97 Å². The van der Waals surface area contributed by atoms with Gasteiger partial charge in [-0.1, -0.05) is 30.3 Å². The van der Waals surface area contributed by atoms with Gasteiger partial charge in [-0.15, -0.1) is 0 Å². The summed E-state index contributed by atoms with van der Waals surface area (Å²) < 4.78 is 0. The molecule has 4 heteroatoms. The van der Waals surface area contributed by atoms with Gasteiger partial charge in [-0.25, -0.2) is 0 Å². The Balaban J connectivity index is 2.47. The number of benzene rings is 2. The number of aryl methyl sites for hydroxylation is 1. The summed E-state index contributed by atoms with van der Waals surface area (Å²) in [5.74, 6) is -0.843. The lowest BCUT2D eigenvalue weighted by atomic mass is 9.97. The molecule has 0 fully saturated rings. The quantitative estimate of drug-likeness (QED) is 0.834. The first kappa shape index (κ1) is 13.0. The second-order valence-corrected chi connectivity index (χ2v) is 4.25. The Hall–Kier alpha value is -2.49. The summed E-state index contributed by atoms with van der Waals surface area (Å²) in [7, 11) is 0. The van der Waals surface area contributed by atoms with Crippen LogP contribution in [-0.4, -0.2) is 23.6 Å². The minimum atomic E-state index is -0.843. The molecule has 0 atom stereocenters. The van der Waals surface area contributed by atoms with Crippen LogP contribution in [0.15, 0.2) is 30.3 Å². The summed E-state index contributed by atoms with van der Waals surface area (Å²) >= 11 is 0. The Morgan fingerprint density at radius 2 is 1.89 bits per heavy atom. The van der Waals surface area contributed by atoms with Gasteiger partial charge in [0.1, 0.15) is 0 Å². The molecule has 0 aromatic heterocycles. The Kier molecular flexibility index (Phi) is 3.71. The average molecular weight is 256 g/mol. The summed E-state index contributed by atoms with van der Waals surface area (Å²) in [4.78, 5) is 32.4. The van der Waals surface area contributed by atoms with Crippen LogP contribution in [0.25, 0.3) is 10.8 Å². The molecule has 0 saturated heterocycles. The van der Waals surface area contributed by atoms with Crippen molar-refractivity contribution < 1.29 is 19.5 Å². The summed E-state index contributed by atoms with van der Waals surface area (Å²) in [5.41, 5.74) is 1.63. The normalized spacial score (nSPS) is 10.3. The van der Waals surface area contributed by atoms with Crippen LogP contribution in [0.3, 0.4) is 0 Å². The molecule has 4 nitrogen and oxygen atoms in total. The third-order valence-electron chi connectivity index (χ3n) is 3.03. The number of hydrogen-bond donors (Lipinski definition) is 1. The fourth-order valence-corrected chi connectivity index (χ4v) is 2.06. The number of rotatable bonds is 5. The first-order chi connectivity index (χ1) is 9.15. The Bertz CT molecular complexity index is 658. The van der Waals surface area contributed by atoms with Crippen LogP contribution in [-0.2, 0) is 11.2 Å². The van der Waals surface area contributed by atoms with Crippen LogP contribution >= 0.6 is 0 Å². The second-order valence-electron chi connectivity index (χ2n) is 4.25. The topological polar surface area (TPSA) is 71.4 Å². The number of carbonyl (C=O) groups is 3. The lowest BCUT2D eigenvalue weighted by Crippen LogP contribution is -1.98. The maximum Gasteiger partial charge on any atom is 0.303 e. The van der Waals surface area contributed by atoms with Crippen LogP contribution in [0.1, 0.15) is 32.7 Å². The molecule has 0 spiro atoms. The highest BCUT2D eigenvalue weighted by Gasteiger charge is 2.07. The zero-order chi connectivity index (χ0) is 13.8.